The number of aromatic nitrogens is 1. The molecule has 0 spiro atoms. The van der Waals surface area contributed by atoms with Crippen molar-refractivity contribution in [1.29, 1.82) is 0 Å². The van der Waals surface area contributed by atoms with E-state index in [4.69, 9.17) is 10.6 Å². The summed E-state index contributed by atoms with van der Waals surface area (Å²) < 4.78 is 7.61. The molecule has 0 unspecified atom stereocenters. The Balaban J connectivity index is 2.05. The highest BCUT2D eigenvalue weighted by molar-refractivity contribution is 5.37. The number of hydrogen-bond donors (Lipinski definition) is 2. The first-order valence-electron chi connectivity index (χ1n) is 8.11. The molecule has 0 atom stereocenters. The third-order valence-electron chi connectivity index (χ3n) is 4.12. The lowest BCUT2D eigenvalue weighted by molar-refractivity contribution is 0.116. The molecular formula is C20H20N2O4. The van der Waals surface area contributed by atoms with Gasteiger partial charge < -0.3 is 14.4 Å². The van der Waals surface area contributed by atoms with Gasteiger partial charge in [0.2, 0.25) is 0 Å². The van der Waals surface area contributed by atoms with Crippen LogP contribution in [-0.2, 0) is 18.5 Å². The normalized spacial score (nSPS) is 10.9. The van der Waals surface area contributed by atoms with E-state index in [0.717, 1.165) is 11.1 Å². The number of pyridine rings is 1. The summed E-state index contributed by atoms with van der Waals surface area (Å²) in [5, 5.41) is 10.2. The molecule has 0 amide bonds. The van der Waals surface area contributed by atoms with Gasteiger partial charge in [0.1, 0.15) is 12.7 Å². The fraction of sp³-hybridized carbons (Fsp3) is 0.150. The lowest BCUT2D eigenvalue weighted by atomic mass is 10.0. The van der Waals surface area contributed by atoms with Crippen LogP contribution in [0.5, 0.6) is 11.5 Å². The zero-order chi connectivity index (χ0) is 18.5. The number of aryl methyl sites for hydroxylation is 1. The SMILES string of the molecule is Cn1cc(OC(c2ccccc2)c2ccccc2)c(=O)c(O)c1CON. The average molecular weight is 352 g/mol. The van der Waals surface area contributed by atoms with Gasteiger partial charge in [-0.15, -0.1) is 0 Å². The van der Waals surface area contributed by atoms with E-state index in [2.05, 4.69) is 4.84 Å². The Labute approximate surface area is 151 Å². The molecule has 6 nitrogen and oxygen atoms in total. The molecule has 2 aromatic carbocycles. The minimum Gasteiger partial charge on any atom is -0.503 e. The maximum Gasteiger partial charge on any atom is 0.265 e. The number of nitrogens with two attached hydrogens (primary N) is 1. The van der Waals surface area contributed by atoms with Gasteiger partial charge in [0, 0.05) is 7.05 Å². The van der Waals surface area contributed by atoms with E-state index < -0.39 is 17.3 Å². The van der Waals surface area contributed by atoms with Gasteiger partial charge in [0.05, 0.1) is 11.9 Å². The molecule has 0 saturated heterocycles. The molecule has 3 rings (SSSR count). The Morgan fingerprint density at radius 3 is 2.08 bits per heavy atom. The van der Waals surface area contributed by atoms with Crippen LogP contribution < -0.4 is 16.1 Å². The van der Waals surface area contributed by atoms with Gasteiger partial charge in [0.25, 0.3) is 5.43 Å². The predicted molar refractivity (Wildman–Crippen MR) is 97.7 cm³/mol. The van der Waals surface area contributed by atoms with Crippen molar-refractivity contribution >= 4 is 0 Å². The van der Waals surface area contributed by atoms with E-state index >= 15 is 0 Å². The van der Waals surface area contributed by atoms with Gasteiger partial charge in [-0.2, -0.15) is 0 Å². The maximum atomic E-state index is 12.5. The molecule has 0 aliphatic heterocycles. The predicted octanol–water partition coefficient (Wildman–Crippen LogP) is 2.65. The molecule has 134 valence electrons. The first-order chi connectivity index (χ1) is 12.6. The minimum atomic E-state index is -0.605. The highest BCUT2D eigenvalue weighted by Crippen LogP contribution is 2.28. The molecule has 1 aromatic heterocycles. The number of hydrogen-bond acceptors (Lipinski definition) is 5. The van der Waals surface area contributed by atoms with Crippen LogP contribution in [0.25, 0.3) is 0 Å². The monoisotopic (exact) mass is 352 g/mol. The average Bonchev–Trinajstić information content (AvgIpc) is 2.68. The highest BCUT2D eigenvalue weighted by atomic mass is 16.6. The van der Waals surface area contributed by atoms with Gasteiger partial charge in [-0.1, -0.05) is 60.7 Å². The van der Waals surface area contributed by atoms with E-state index in [-0.39, 0.29) is 18.1 Å². The van der Waals surface area contributed by atoms with Crippen molar-refractivity contribution in [3.8, 4) is 11.5 Å². The molecule has 0 radical (unpaired) electrons. The molecule has 1 heterocycles. The summed E-state index contributed by atoms with van der Waals surface area (Å²) in [6.07, 6.45) is 1.04. The standard InChI is InChI=1S/C20H20N2O4/c1-22-12-17(19(24)18(23)16(22)13-25-21)26-20(14-8-4-2-5-9-14)15-10-6-3-7-11-15/h2-12,20,23H,13,21H2,1H3. The summed E-state index contributed by atoms with van der Waals surface area (Å²) in [6, 6.07) is 19.2. The van der Waals surface area contributed by atoms with E-state index in [1.807, 2.05) is 60.7 Å². The molecule has 6 heteroatoms. The van der Waals surface area contributed by atoms with Crippen molar-refractivity contribution in [3.05, 3.63) is 93.9 Å². The fourth-order valence-corrected chi connectivity index (χ4v) is 2.77. The van der Waals surface area contributed by atoms with Crippen LogP contribution in [0.3, 0.4) is 0 Å². The molecule has 3 aromatic rings. The Hall–Kier alpha value is -3.09. The van der Waals surface area contributed by atoms with Crippen molar-refractivity contribution in [3.63, 3.8) is 0 Å². The van der Waals surface area contributed by atoms with Crippen LogP contribution in [0.1, 0.15) is 22.9 Å². The van der Waals surface area contributed by atoms with Gasteiger partial charge in [0.15, 0.2) is 11.5 Å². The zero-order valence-corrected chi connectivity index (χ0v) is 14.3. The Morgan fingerprint density at radius 2 is 1.58 bits per heavy atom. The number of rotatable bonds is 6. The van der Waals surface area contributed by atoms with Crippen LogP contribution in [0.2, 0.25) is 0 Å². The summed E-state index contributed by atoms with van der Waals surface area (Å²) in [5.74, 6) is 4.67. The summed E-state index contributed by atoms with van der Waals surface area (Å²) in [4.78, 5) is 17.1. The van der Waals surface area contributed by atoms with E-state index in [1.54, 1.807) is 11.6 Å². The quantitative estimate of drug-likeness (QED) is 0.666. The van der Waals surface area contributed by atoms with Crippen LogP contribution in [0.4, 0.5) is 0 Å². The number of benzene rings is 2. The summed E-state index contributed by atoms with van der Waals surface area (Å²) >= 11 is 0. The third kappa shape index (κ3) is 3.61. The third-order valence-corrected chi connectivity index (χ3v) is 4.12. The van der Waals surface area contributed by atoms with Gasteiger partial charge in [-0.3, -0.25) is 9.63 Å². The molecular weight excluding hydrogens is 332 g/mol. The molecule has 0 saturated carbocycles. The van der Waals surface area contributed by atoms with Crippen LogP contribution in [0, 0.1) is 0 Å². The van der Waals surface area contributed by atoms with Crippen molar-refractivity contribution in [2.24, 2.45) is 12.9 Å². The Morgan fingerprint density at radius 1 is 1.04 bits per heavy atom. The van der Waals surface area contributed by atoms with E-state index in [9.17, 15) is 9.90 Å². The topological polar surface area (TPSA) is 86.7 Å². The molecule has 0 aliphatic carbocycles. The molecule has 0 aliphatic rings. The molecule has 0 bridgehead atoms. The van der Waals surface area contributed by atoms with Gasteiger partial charge in [-0.05, 0) is 11.1 Å². The highest BCUT2D eigenvalue weighted by Gasteiger charge is 2.20. The Bertz CT molecular complexity index is 884. The fourth-order valence-electron chi connectivity index (χ4n) is 2.77. The molecule has 26 heavy (non-hydrogen) atoms. The second kappa shape index (κ2) is 7.86. The summed E-state index contributed by atoms with van der Waals surface area (Å²) in [5.41, 5.74) is 1.47. The number of nitrogens with zero attached hydrogens (tertiary/aromatic N) is 1. The van der Waals surface area contributed by atoms with E-state index in [1.165, 1.54) is 6.20 Å². The van der Waals surface area contributed by atoms with Crippen LogP contribution >= 0.6 is 0 Å². The van der Waals surface area contributed by atoms with Gasteiger partial charge >= 0.3 is 0 Å². The van der Waals surface area contributed by atoms with Gasteiger partial charge in [-0.25, -0.2) is 5.90 Å². The lowest BCUT2D eigenvalue weighted by Crippen LogP contribution is -2.19. The van der Waals surface area contributed by atoms with Crippen LogP contribution in [-0.4, -0.2) is 9.67 Å². The van der Waals surface area contributed by atoms with Crippen molar-refractivity contribution in [1.82, 2.24) is 4.57 Å². The maximum absolute atomic E-state index is 12.5. The zero-order valence-electron chi connectivity index (χ0n) is 14.3. The first-order valence-corrected chi connectivity index (χ1v) is 8.11. The summed E-state index contributed by atoms with van der Waals surface area (Å²) in [7, 11) is 1.68. The molecule has 3 N–H and O–H groups in total. The van der Waals surface area contributed by atoms with Crippen molar-refractivity contribution < 1.29 is 14.7 Å². The van der Waals surface area contributed by atoms with Crippen molar-refractivity contribution in [2.75, 3.05) is 0 Å². The largest absolute Gasteiger partial charge is 0.503 e. The second-order valence-electron chi connectivity index (χ2n) is 5.86. The second-order valence-corrected chi connectivity index (χ2v) is 5.86. The smallest absolute Gasteiger partial charge is 0.265 e. The number of aromatic hydroxyl groups is 1. The summed E-state index contributed by atoms with van der Waals surface area (Å²) in [6.45, 7) is -0.0847. The Kier molecular flexibility index (Phi) is 5.36. The minimum absolute atomic E-state index is 0.0449. The molecule has 0 fully saturated rings. The van der Waals surface area contributed by atoms with Crippen LogP contribution in [0.15, 0.2) is 71.7 Å². The van der Waals surface area contributed by atoms with E-state index in [0.29, 0.717) is 0 Å². The lowest BCUT2D eigenvalue weighted by Gasteiger charge is -2.21. The number of ether oxygens (including phenoxy) is 1. The van der Waals surface area contributed by atoms with Crippen molar-refractivity contribution in [2.45, 2.75) is 12.7 Å². The first kappa shape index (κ1) is 17.7.